The lowest BCUT2D eigenvalue weighted by atomic mass is 10.2. The molecule has 0 fully saturated rings. The number of benzene rings is 2. The normalized spacial score (nSPS) is 11.6. The Bertz CT molecular complexity index is 943. The lowest BCUT2D eigenvalue weighted by Crippen LogP contribution is -2.27. The molecule has 2 aromatic carbocycles. The largest absolute Gasteiger partial charge is 0.338 e. The molecule has 8 heteroatoms. The summed E-state index contributed by atoms with van der Waals surface area (Å²) in [5.74, 6) is 0.491. The van der Waals surface area contributed by atoms with Crippen molar-refractivity contribution in [2.75, 3.05) is 5.75 Å². The molecule has 3 rings (SSSR count). The molecule has 1 aromatic heterocycles. The van der Waals surface area contributed by atoms with E-state index in [0.717, 1.165) is 5.56 Å². The van der Waals surface area contributed by atoms with Crippen molar-refractivity contribution in [2.24, 2.45) is 0 Å². The van der Waals surface area contributed by atoms with E-state index >= 15 is 0 Å². The van der Waals surface area contributed by atoms with Crippen LogP contribution in [-0.2, 0) is 23.0 Å². The summed E-state index contributed by atoms with van der Waals surface area (Å²) in [6.45, 7) is -0.0609. The van der Waals surface area contributed by atoms with Gasteiger partial charge in [0.25, 0.3) is 0 Å². The number of aromatic nitrogens is 2. The standard InChI is InChI=1S/C17H16ClN3O3S/c18-15-9-5-4-8-14(15)17-20-16(24-21-17)12-19-25(22,23)11-10-13-6-2-1-3-7-13/h1-9,19H,10-12H2. The highest BCUT2D eigenvalue weighted by molar-refractivity contribution is 7.89. The van der Waals surface area contributed by atoms with Crippen LogP contribution in [0, 0.1) is 0 Å². The third-order valence-electron chi connectivity index (χ3n) is 3.53. The fourth-order valence-electron chi connectivity index (χ4n) is 2.22. The first kappa shape index (κ1) is 17.6. The van der Waals surface area contributed by atoms with Crippen molar-refractivity contribution in [3.8, 4) is 11.4 Å². The highest BCUT2D eigenvalue weighted by Crippen LogP contribution is 2.24. The Labute approximate surface area is 150 Å². The first-order valence-corrected chi connectivity index (χ1v) is 9.65. The van der Waals surface area contributed by atoms with Crippen LogP contribution in [-0.4, -0.2) is 24.3 Å². The molecule has 3 aromatic rings. The Balaban J connectivity index is 1.59. The number of sulfonamides is 1. The number of hydrogen-bond donors (Lipinski definition) is 1. The zero-order valence-corrected chi connectivity index (χ0v) is 14.8. The SMILES string of the molecule is O=S(=O)(CCc1ccccc1)NCc1nc(-c2ccccc2Cl)no1. The molecule has 6 nitrogen and oxygen atoms in total. The van der Waals surface area contributed by atoms with Gasteiger partial charge in [0.1, 0.15) is 0 Å². The van der Waals surface area contributed by atoms with Gasteiger partial charge in [0.15, 0.2) is 0 Å². The third-order valence-corrected chi connectivity index (χ3v) is 5.18. The number of aryl methyl sites for hydroxylation is 1. The smallest absolute Gasteiger partial charge is 0.242 e. The summed E-state index contributed by atoms with van der Waals surface area (Å²) in [4.78, 5) is 4.17. The molecule has 0 spiro atoms. The Morgan fingerprint density at radius 3 is 2.52 bits per heavy atom. The van der Waals surface area contributed by atoms with Gasteiger partial charge in [-0.2, -0.15) is 4.98 Å². The lowest BCUT2D eigenvalue weighted by Gasteiger charge is -2.04. The fourth-order valence-corrected chi connectivity index (χ4v) is 3.43. The molecule has 0 bridgehead atoms. The van der Waals surface area contributed by atoms with Crippen LogP contribution in [0.25, 0.3) is 11.4 Å². The topological polar surface area (TPSA) is 85.1 Å². The van der Waals surface area contributed by atoms with Gasteiger partial charge < -0.3 is 4.52 Å². The van der Waals surface area contributed by atoms with Crippen LogP contribution in [0.15, 0.2) is 59.1 Å². The zero-order chi connectivity index (χ0) is 17.7. The monoisotopic (exact) mass is 377 g/mol. The second kappa shape index (κ2) is 7.77. The molecule has 25 heavy (non-hydrogen) atoms. The second-order valence-electron chi connectivity index (χ2n) is 5.37. The van der Waals surface area contributed by atoms with Crippen LogP contribution < -0.4 is 4.72 Å². The summed E-state index contributed by atoms with van der Waals surface area (Å²) in [6, 6.07) is 16.5. The number of nitrogens with zero attached hydrogens (tertiary/aromatic N) is 2. The van der Waals surface area contributed by atoms with Crippen molar-refractivity contribution in [3.05, 3.63) is 71.1 Å². The number of rotatable bonds is 7. The van der Waals surface area contributed by atoms with Gasteiger partial charge in [0, 0.05) is 5.56 Å². The third kappa shape index (κ3) is 4.88. The average molecular weight is 378 g/mol. The number of nitrogens with one attached hydrogen (secondary N) is 1. The molecule has 0 amide bonds. The summed E-state index contributed by atoms with van der Waals surface area (Å²) >= 11 is 6.08. The molecule has 0 atom stereocenters. The predicted octanol–water partition coefficient (Wildman–Crippen LogP) is 3.05. The first-order valence-electron chi connectivity index (χ1n) is 7.62. The molecular formula is C17H16ClN3O3S. The Kier molecular flexibility index (Phi) is 5.47. The highest BCUT2D eigenvalue weighted by atomic mass is 35.5. The van der Waals surface area contributed by atoms with Gasteiger partial charge in [0.05, 0.1) is 17.3 Å². The highest BCUT2D eigenvalue weighted by Gasteiger charge is 2.15. The molecule has 0 saturated heterocycles. The van der Waals surface area contributed by atoms with E-state index < -0.39 is 10.0 Å². The number of halogens is 1. The molecule has 1 N–H and O–H groups in total. The summed E-state index contributed by atoms with van der Waals surface area (Å²) in [5, 5.41) is 4.33. The van der Waals surface area contributed by atoms with Crippen molar-refractivity contribution in [1.82, 2.24) is 14.9 Å². The molecule has 0 radical (unpaired) electrons. The minimum atomic E-state index is -3.45. The first-order chi connectivity index (χ1) is 12.0. The maximum absolute atomic E-state index is 12.1. The quantitative estimate of drug-likeness (QED) is 0.684. The van der Waals surface area contributed by atoms with Gasteiger partial charge in [-0.1, -0.05) is 59.2 Å². The maximum Gasteiger partial charge on any atom is 0.242 e. The molecule has 0 aliphatic heterocycles. The van der Waals surface area contributed by atoms with Crippen molar-refractivity contribution >= 4 is 21.6 Å². The van der Waals surface area contributed by atoms with E-state index in [2.05, 4.69) is 14.9 Å². The minimum absolute atomic E-state index is 0.0114. The summed E-state index contributed by atoms with van der Waals surface area (Å²) in [6.07, 6.45) is 0.435. The minimum Gasteiger partial charge on any atom is -0.338 e. The van der Waals surface area contributed by atoms with Gasteiger partial charge in [0.2, 0.25) is 21.7 Å². The van der Waals surface area contributed by atoms with E-state index in [1.165, 1.54) is 0 Å². The van der Waals surface area contributed by atoms with E-state index in [-0.39, 0.29) is 18.2 Å². The van der Waals surface area contributed by atoms with Gasteiger partial charge in [-0.25, -0.2) is 13.1 Å². The zero-order valence-electron chi connectivity index (χ0n) is 13.2. The van der Waals surface area contributed by atoms with Gasteiger partial charge >= 0.3 is 0 Å². The van der Waals surface area contributed by atoms with E-state index in [1.807, 2.05) is 36.4 Å². The van der Waals surface area contributed by atoms with Crippen LogP contribution in [0.1, 0.15) is 11.5 Å². The van der Waals surface area contributed by atoms with Crippen molar-refractivity contribution in [3.63, 3.8) is 0 Å². The second-order valence-corrected chi connectivity index (χ2v) is 7.70. The Hall–Kier alpha value is -2.22. The fraction of sp³-hybridized carbons (Fsp3) is 0.176. The molecule has 0 aliphatic carbocycles. The molecule has 0 saturated carbocycles. The van der Waals surface area contributed by atoms with Gasteiger partial charge in [-0.05, 0) is 24.1 Å². The average Bonchev–Trinajstić information content (AvgIpc) is 3.09. The van der Waals surface area contributed by atoms with Crippen LogP contribution in [0.4, 0.5) is 0 Å². The van der Waals surface area contributed by atoms with E-state index in [9.17, 15) is 8.42 Å². The van der Waals surface area contributed by atoms with Gasteiger partial charge in [-0.15, -0.1) is 0 Å². The molecule has 0 unspecified atom stereocenters. The molecule has 1 heterocycles. The van der Waals surface area contributed by atoms with Crippen LogP contribution in [0.3, 0.4) is 0 Å². The summed E-state index contributed by atoms with van der Waals surface area (Å²) in [5.41, 5.74) is 1.60. The van der Waals surface area contributed by atoms with Crippen LogP contribution >= 0.6 is 11.6 Å². The van der Waals surface area contributed by atoms with Crippen molar-refractivity contribution < 1.29 is 12.9 Å². The van der Waals surface area contributed by atoms with Crippen LogP contribution in [0.2, 0.25) is 5.02 Å². The maximum atomic E-state index is 12.1. The lowest BCUT2D eigenvalue weighted by molar-refractivity contribution is 0.376. The van der Waals surface area contributed by atoms with E-state index in [0.29, 0.717) is 22.8 Å². The van der Waals surface area contributed by atoms with Crippen molar-refractivity contribution in [2.45, 2.75) is 13.0 Å². The van der Waals surface area contributed by atoms with Crippen LogP contribution in [0.5, 0.6) is 0 Å². The summed E-state index contributed by atoms with van der Waals surface area (Å²) < 4.78 is 31.7. The summed E-state index contributed by atoms with van der Waals surface area (Å²) in [7, 11) is -3.45. The van der Waals surface area contributed by atoms with E-state index in [4.69, 9.17) is 16.1 Å². The van der Waals surface area contributed by atoms with Crippen molar-refractivity contribution in [1.29, 1.82) is 0 Å². The molecule has 0 aliphatic rings. The molecule has 130 valence electrons. The predicted molar refractivity (Wildman–Crippen MR) is 95.5 cm³/mol. The Morgan fingerprint density at radius 1 is 1.04 bits per heavy atom. The van der Waals surface area contributed by atoms with E-state index in [1.54, 1.807) is 18.2 Å². The molecular weight excluding hydrogens is 362 g/mol. The van der Waals surface area contributed by atoms with Gasteiger partial charge in [-0.3, -0.25) is 0 Å². The number of hydrogen-bond acceptors (Lipinski definition) is 5. The Morgan fingerprint density at radius 2 is 1.76 bits per heavy atom.